The minimum Gasteiger partial charge on any atom is -0.370 e. The van der Waals surface area contributed by atoms with Gasteiger partial charge in [-0.05, 0) is 30.9 Å². The highest BCUT2D eigenvalue weighted by atomic mass is 35.5. The summed E-state index contributed by atoms with van der Waals surface area (Å²) >= 11 is 5.76. The Morgan fingerprint density at radius 1 is 1.57 bits per heavy atom. The minimum atomic E-state index is 0.363. The van der Waals surface area contributed by atoms with E-state index in [-0.39, 0.29) is 0 Å². The van der Waals surface area contributed by atoms with E-state index in [1.807, 2.05) is 6.07 Å². The molecule has 0 amide bonds. The molecule has 0 aromatic carbocycles. The lowest BCUT2D eigenvalue weighted by atomic mass is 10.3. The summed E-state index contributed by atoms with van der Waals surface area (Å²) in [5.41, 5.74) is 0.545. The summed E-state index contributed by atoms with van der Waals surface area (Å²) in [6.07, 6.45) is 2.58. The van der Waals surface area contributed by atoms with Crippen LogP contribution in [0.1, 0.15) is 18.4 Å². The molecule has 0 spiro atoms. The fraction of sp³-hybridized carbons (Fsp3) is 0.400. The molecule has 4 heteroatoms. The molecule has 1 aromatic rings. The number of nitriles is 1. The first-order chi connectivity index (χ1) is 6.78. The van der Waals surface area contributed by atoms with E-state index in [1.54, 1.807) is 12.1 Å². The zero-order chi connectivity index (χ0) is 9.97. The Balaban J connectivity index is 2.07. The molecule has 1 aliphatic carbocycles. The van der Waals surface area contributed by atoms with Gasteiger partial charge in [-0.1, -0.05) is 11.6 Å². The third kappa shape index (κ3) is 2.36. The summed E-state index contributed by atoms with van der Waals surface area (Å²) in [5, 5.41) is 12.3. The van der Waals surface area contributed by atoms with Crippen LogP contribution in [0.2, 0.25) is 5.15 Å². The highest BCUT2D eigenvalue weighted by Gasteiger charge is 2.20. The van der Waals surface area contributed by atoms with Crippen molar-refractivity contribution in [3.63, 3.8) is 0 Å². The molecule has 1 aromatic heterocycles. The molecule has 0 radical (unpaired) electrons. The predicted octanol–water partition coefficient (Wildman–Crippen LogP) is 2.43. The van der Waals surface area contributed by atoms with E-state index in [0.717, 1.165) is 12.5 Å². The second-order valence-electron chi connectivity index (χ2n) is 3.50. The number of halogens is 1. The van der Waals surface area contributed by atoms with Crippen molar-refractivity contribution in [2.75, 3.05) is 11.9 Å². The lowest BCUT2D eigenvalue weighted by molar-refractivity contribution is 0.883. The quantitative estimate of drug-likeness (QED) is 0.775. The molecule has 3 nitrogen and oxygen atoms in total. The van der Waals surface area contributed by atoms with E-state index in [9.17, 15) is 0 Å². The molecule has 1 aliphatic rings. The summed E-state index contributed by atoms with van der Waals surface area (Å²) < 4.78 is 0. The minimum absolute atomic E-state index is 0.363. The monoisotopic (exact) mass is 207 g/mol. The first kappa shape index (κ1) is 9.29. The van der Waals surface area contributed by atoms with E-state index >= 15 is 0 Å². The molecule has 0 atom stereocenters. The van der Waals surface area contributed by atoms with Crippen LogP contribution in [0, 0.1) is 17.2 Å². The van der Waals surface area contributed by atoms with Crippen molar-refractivity contribution in [1.82, 2.24) is 4.98 Å². The summed E-state index contributed by atoms with van der Waals surface area (Å²) in [6, 6.07) is 5.32. The van der Waals surface area contributed by atoms with Gasteiger partial charge in [-0.25, -0.2) is 4.98 Å². The third-order valence-electron chi connectivity index (χ3n) is 2.19. The molecule has 14 heavy (non-hydrogen) atoms. The molecule has 72 valence electrons. The van der Waals surface area contributed by atoms with Crippen molar-refractivity contribution >= 4 is 17.4 Å². The van der Waals surface area contributed by atoms with E-state index in [0.29, 0.717) is 16.5 Å². The topological polar surface area (TPSA) is 48.7 Å². The number of hydrogen-bond acceptors (Lipinski definition) is 3. The molecule has 1 fully saturated rings. The average molecular weight is 208 g/mol. The molecule has 0 aliphatic heterocycles. The Hall–Kier alpha value is -1.27. The summed E-state index contributed by atoms with van der Waals surface area (Å²) in [6.45, 7) is 0.929. The van der Waals surface area contributed by atoms with Crippen molar-refractivity contribution in [3.05, 3.63) is 22.8 Å². The third-order valence-corrected chi connectivity index (χ3v) is 2.39. The molecule has 1 heterocycles. The smallest absolute Gasteiger partial charge is 0.132 e. The van der Waals surface area contributed by atoms with Crippen LogP contribution < -0.4 is 5.32 Å². The van der Waals surface area contributed by atoms with E-state index < -0.39 is 0 Å². The second kappa shape index (κ2) is 3.85. The molecule has 0 unspecified atom stereocenters. The van der Waals surface area contributed by atoms with Crippen molar-refractivity contribution in [3.8, 4) is 6.07 Å². The number of hydrogen-bond donors (Lipinski definition) is 1. The summed E-state index contributed by atoms with van der Waals surface area (Å²) in [4.78, 5) is 4.08. The van der Waals surface area contributed by atoms with Gasteiger partial charge in [0.2, 0.25) is 0 Å². The molecule has 0 saturated heterocycles. The lowest BCUT2D eigenvalue weighted by Gasteiger charge is -2.04. The van der Waals surface area contributed by atoms with Gasteiger partial charge in [-0.3, -0.25) is 0 Å². The van der Waals surface area contributed by atoms with Crippen LogP contribution in [0.5, 0.6) is 0 Å². The van der Waals surface area contributed by atoms with Crippen LogP contribution in [0.3, 0.4) is 0 Å². The average Bonchev–Trinajstić information content (AvgIpc) is 2.97. The lowest BCUT2D eigenvalue weighted by Crippen LogP contribution is -2.05. The fourth-order valence-corrected chi connectivity index (χ4v) is 1.43. The summed E-state index contributed by atoms with van der Waals surface area (Å²) in [7, 11) is 0. The van der Waals surface area contributed by atoms with Crippen LogP contribution in [-0.4, -0.2) is 11.5 Å². The zero-order valence-corrected chi connectivity index (χ0v) is 8.38. The second-order valence-corrected chi connectivity index (χ2v) is 3.89. The molecule has 0 bridgehead atoms. The highest BCUT2D eigenvalue weighted by molar-refractivity contribution is 6.29. The van der Waals surface area contributed by atoms with Crippen molar-refractivity contribution in [2.24, 2.45) is 5.92 Å². The van der Waals surface area contributed by atoms with Crippen molar-refractivity contribution in [2.45, 2.75) is 12.8 Å². The number of nitrogens with one attached hydrogen (secondary N) is 1. The number of pyridine rings is 1. The van der Waals surface area contributed by atoms with Gasteiger partial charge in [0.05, 0.1) is 11.6 Å². The van der Waals surface area contributed by atoms with Gasteiger partial charge in [-0.15, -0.1) is 0 Å². The Kier molecular flexibility index (Phi) is 2.55. The normalized spacial score (nSPS) is 14.9. The Labute approximate surface area is 87.7 Å². The first-order valence-electron chi connectivity index (χ1n) is 4.59. The van der Waals surface area contributed by atoms with Gasteiger partial charge in [0.25, 0.3) is 0 Å². The number of aromatic nitrogens is 1. The fourth-order valence-electron chi connectivity index (χ4n) is 1.22. The van der Waals surface area contributed by atoms with Gasteiger partial charge in [0.1, 0.15) is 11.0 Å². The first-order valence-corrected chi connectivity index (χ1v) is 4.97. The number of anilines is 1. The van der Waals surface area contributed by atoms with Gasteiger partial charge in [0.15, 0.2) is 0 Å². The van der Waals surface area contributed by atoms with Gasteiger partial charge in [-0.2, -0.15) is 5.26 Å². The molecule has 1 N–H and O–H groups in total. The predicted molar refractivity (Wildman–Crippen MR) is 55.2 cm³/mol. The van der Waals surface area contributed by atoms with Crippen LogP contribution in [0.4, 0.5) is 5.82 Å². The Bertz CT molecular complexity index is 379. The van der Waals surface area contributed by atoms with Gasteiger partial charge in [0, 0.05) is 6.54 Å². The number of rotatable bonds is 3. The Morgan fingerprint density at radius 3 is 3.00 bits per heavy atom. The van der Waals surface area contributed by atoms with Gasteiger partial charge < -0.3 is 5.32 Å². The van der Waals surface area contributed by atoms with E-state index in [2.05, 4.69) is 10.3 Å². The SMILES string of the molecule is N#Cc1cc(Cl)nc(NCC2CC2)c1. The highest BCUT2D eigenvalue weighted by Crippen LogP contribution is 2.28. The molecule has 2 rings (SSSR count). The van der Waals surface area contributed by atoms with Crippen LogP contribution in [0.15, 0.2) is 12.1 Å². The van der Waals surface area contributed by atoms with Crippen LogP contribution in [0.25, 0.3) is 0 Å². The molecular weight excluding hydrogens is 198 g/mol. The molecule has 1 saturated carbocycles. The van der Waals surface area contributed by atoms with E-state index in [4.69, 9.17) is 16.9 Å². The van der Waals surface area contributed by atoms with Crippen LogP contribution in [-0.2, 0) is 0 Å². The maximum absolute atomic E-state index is 8.71. The number of nitrogens with zero attached hydrogens (tertiary/aromatic N) is 2. The van der Waals surface area contributed by atoms with Crippen molar-refractivity contribution < 1.29 is 0 Å². The van der Waals surface area contributed by atoms with Gasteiger partial charge >= 0.3 is 0 Å². The Morgan fingerprint density at radius 2 is 2.36 bits per heavy atom. The summed E-state index contributed by atoms with van der Waals surface area (Å²) in [5.74, 6) is 1.47. The van der Waals surface area contributed by atoms with Crippen LogP contribution >= 0.6 is 11.6 Å². The largest absolute Gasteiger partial charge is 0.370 e. The van der Waals surface area contributed by atoms with E-state index in [1.165, 1.54) is 12.8 Å². The maximum Gasteiger partial charge on any atom is 0.132 e. The van der Waals surface area contributed by atoms with Crippen molar-refractivity contribution in [1.29, 1.82) is 5.26 Å². The molecular formula is C10H10ClN3. The standard InChI is InChI=1S/C10H10ClN3/c11-9-3-8(5-12)4-10(14-9)13-6-7-1-2-7/h3-4,7H,1-2,6H2,(H,13,14). The zero-order valence-electron chi connectivity index (χ0n) is 7.63. The maximum atomic E-state index is 8.71.